The number of hydrogen-bond donors (Lipinski definition) is 2. The number of nitrogens with one attached hydrogen (secondary N) is 2. The summed E-state index contributed by atoms with van der Waals surface area (Å²) in [7, 11) is 0. The molecular formula is C18H35IN4O4. The Balaban J connectivity index is 0.00000676. The standard InChI is InChI=1S/C18H34N4O4.HI/c1-6-19-16(20-10-11-21-17(24)26-18(3,4)5)22-12-8-14(9-13-22)15(23)25-7-2;/h14H,6-13H2,1-5H3,(H,19,20)(H,21,24);1H. The lowest BCUT2D eigenvalue weighted by molar-refractivity contribution is -0.149. The largest absolute Gasteiger partial charge is 0.466 e. The molecular weight excluding hydrogens is 463 g/mol. The number of guanidine groups is 1. The highest BCUT2D eigenvalue weighted by atomic mass is 127. The first-order valence-electron chi connectivity index (χ1n) is 9.43. The van der Waals surface area contributed by atoms with Crippen molar-refractivity contribution in [2.24, 2.45) is 10.9 Å². The molecule has 8 nitrogen and oxygen atoms in total. The minimum absolute atomic E-state index is 0. The fourth-order valence-corrected chi connectivity index (χ4v) is 2.65. The first-order valence-corrected chi connectivity index (χ1v) is 9.43. The highest BCUT2D eigenvalue weighted by Gasteiger charge is 2.27. The number of hydrogen-bond acceptors (Lipinski definition) is 5. The molecule has 9 heteroatoms. The summed E-state index contributed by atoms with van der Waals surface area (Å²) >= 11 is 0. The number of ether oxygens (including phenoxy) is 2. The predicted molar refractivity (Wildman–Crippen MR) is 117 cm³/mol. The normalized spacial score (nSPS) is 15.6. The van der Waals surface area contributed by atoms with Gasteiger partial charge in [-0.1, -0.05) is 0 Å². The number of carbonyl (C=O) groups excluding carboxylic acids is 2. The topological polar surface area (TPSA) is 92.3 Å². The van der Waals surface area contributed by atoms with Crippen LogP contribution in [-0.4, -0.2) is 67.9 Å². The van der Waals surface area contributed by atoms with Gasteiger partial charge in [0.15, 0.2) is 5.96 Å². The van der Waals surface area contributed by atoms with Crippen molar-refractivity contribution in [3.63, 3.8) is 0 Å². The lowest BCUT2D eigenvalue weighted by Gasteiger charge is -2.33. The molecule has 0 aliphatic carbocycles. The van der Waals surface area contributed by atoms with Crippen molar-refractivity contribution >= 4 is 42.0 Å². The van der Waals surface area contributed by atoms with E-state index in [2.05, 4.69) is 20.5 Å². The molecule has 0 atom stereocenters. The quantitative estimate of drug-likeness (QED) is 0.192. The molecule has 0 aromatic carbocycles. The number of amides is 1. The van der Waals surface area contributed by atoms with Crippen molar-refractivity contribution < 1.29 is 19.1 Å². The molecule has 0 aromatic rings. The molecule has 0 unspecified atom stereocenters. The Kier molecular flexibility index (Phi) is 12.4. The van der Waals surface area contributed by atoms with Gasteiger partial charge < -0.3 is 25.0 Å². The molecule has 1 aliphatic heterocycles. The van der Waals surface area contributed by atoms with Gasteiger partial charge in [0.05, 0.1) is 19.1 Å². The number of piperidine rings is 1. The van der Waals surface area contributed by atoms with Gasteiger partial charge in [0.25, 0.3) is 0 Å². The van der Waals surface area contributed by atoms with Crippen LogP contribution < -0.4 is 10.6 Å². The number of rotatable bonds is 6. The Morgan fingerprint density at radius 3 is 2.30 bits per heavy atom. The maximum Gasteiger partial charge on any atom is 0.407 e. The van der Waals surface area contributed by atoms with Crippen molar-refractivity contribution in [2.75, 3.05) is 39.3 Å². The molecule has 1 rings (SSSR count). The number of likely N-dealkylation sites (tertiary alicyclic amines) is 1. The average molecular weight is 498 g/mol. The molecule has 0 saturated carbocycles. The molecule has 2 N–H and O–H groups in total. The Bertz CT molecular complexity index is 486. The maximum atomic E-state index is 11.8. The van der Waals surface area contributed by atoms with E-state index in [0.29, 0.717) is 19.7 Å². The van der Waals surface area contributed by atoms with E-state index in [0.717, 1.165) is 38.4 Å². The summed E-state index contributed by atoms with van der Waals surface area (Å²) < 4.78 is 10.3. The van der Waals surface area contributed by atoms with Crippen LogP contribution in [0.3, 0.4) is 0 Å². The van der Waals surface area contributed by atoms with E-state index in [-0.39, 0.29) is 35.9 Å². The second-order valence-corrected chi connectivity index (χ2v) is 7.18. The number of alkyl carbamates (subject to hydrolysis) is 1. The fourth-order valence-electron chi connectivity index (χ4n) is 2.65. The first kappa shape index (κ1) is 25.7. The Morgan fingerprint density at radius 1 is 1.15 bits per heavy atom. The smallest absolute Gasteiger partial charge is 0.407 e. The van der Waals surface area contributed by atoms with Gasteiger partial charge in [-0.25, -0.2) is 4.79 Å². The molecule has 0 bridgehead atoms. The molecule has 158 valence electrons. The zero-order valence-electron chi connectivity index (χ0n) is 17.2. The Morgan fingerprint density at radius 2 is 1.78 bits per heavy atom. The highest BCUT2D eigenvalue weighted by molar-refractivity contribution is 14.0. The van der Waals surface area contributed by atoms with Gasteiger partial charge in [0, 0.05) is 26.2 Å². The summed E-state index contributed by atoms with van der Waals surface area (Å²) in [6.07, 6.45) is 1.09. The molecule has 0 aromatic heterocycles. The summed E-state index contributed by atoms with van der Waals surface area (Å²) in [6, 6.07) is 0. The summed E-state index contributed by atoms with van der Waals surface area (Å²) in [5.41, 5.74) is -0.508. The number of esters is 1. The van der Waals surface area contributed by atoms with Crippen molar-refractivity contribution in [1.82, 2.24) is 15.5 Å². The summed E-state index contributed by atoms with van der Waals surface area (Å²) in [4.78, 5) is 30.2. The predicted octanol–water partition coefficient (Wildman–Crippen LogP) is 2.37. The Hall–Kier alpha value is -1.26. The SMILES string of the molecule is CCNC(=NCCNC(=O)OC(C)(C)C)N1CCC(C(=O)OCC)CC1.I. The van der Waals surface area contributed by atoms with Gasteiger partial charge in [0.2, 0.25) is 0 Å². The van der Waals surface area contributed by atoms with Crippen LogP contribution in [0.15, 0.2) is 4.99 Å². The van der Waals surface area contributed by atoms with E-state index in [1.807, 2.05) is 34.6 Å². The molecule has 1 heterocycles. The van der Waals surface area contributed by atoms with Crippen molar-refractivity contribution in [1.29, 1.82) is 0 Å². The third kappa shape index (κ3) is 10.6. The Labute approximate surface area is 179 Å². The van der Waals surface area contributed by atoms with Crippen LogP contribution >= 0.6 is 24.0 Å². The second-order valence-electron chi connectivity index (χ2n) is 7.18. The van der Waals surface area contributed by atoms with Crippen LogP contribution in [0.4, 0.5) is 4.79 Å². The lowest BCUT2D eigenvalue weighted by Crippen LogP contribution is -2.47. The van der Waals surface area contributed by atoms with Crippen molar-refractivity contribution in [2.45, 2.75) is 53.1 Å². The fraction of sp³-hybridized carbons (Fsp3) is 0.833. The van der Waals surface area contributed by atoms with E-state index in [1.54, 1.807) is 0 Å². The van der Waals surface area contributed by atoms with Gasteiger partial charge in [-0.05, 0) is 47.5 Å². The van der Waals surface area contributed by atoms with Gasteiger partial charge in [0.1, 0.15) is 5.60 Å². The van der Waals surface area contributed by atoms with E-state index in [9.17, 15) is 9.59 Å². The molecule has 0 spiro atoms. The second kappa shape index (κ2) is 13.0. The molecule has 1 aliphatic rings. The third-order valence-corrected chi connectivity index (χ3v) is 3.79. The molecule has 1 amide bonds. The van der Waals surface area contributed by atoms with Crippen molar-refractivity contribution in [3.8, 4) is 0 Å². The number of aliphatic imine (C=N–C) groups is 1. The number of carbonyl (C=O) groups is 2. The van der Waals surface area contributed by atoms with Crippen LogP contribution in [0, 0.1) is 5.92 Å². The van der Waals surface area contributed by atoms with Crippen molar-refractivity contribution in [3.05, 3.63) is 0 Å². The minimum Gasteiger partial charge on any atom is -0.466 e. The van der Waals surface area contributed by atoms with Gasteiger partial charge in [-0.3, -0.25) is 9.79 Å². The van der Waals surface area contributed by atoms with Gasteiger partial charge in [-0.15, -0.1) is 24.0 Å². The maximum absolute atomic E-state index is 11.8. The van der Waals surface area contributed by atoms with E-state index in [4.69, 9.17) is 9.47 Å². The van der Waals surface area contributed by atoms with E-state index >= 15 is 0 Å². The summed E-state index contributed by atoms with van der Waals surface area (Å²) in [6.45, 7) is 12.9. The molecule has 1 saturated heterocycles. The average Bonchev–Trinajstić information content (AvgIpc) is 2.56. The van der Waals surface area contributed by atoms with E-state index in [1.165, 1.54) is 0 Å². The van der Waals surface area contributed by atoms with Crippen LogP contribution in [0.2, 0.25) is 0 Å². The first-order chi connectivity index (χ1) is 12.3. The molecule has 1 fully saturated rings. The molecule has 0 radical (unpaired) electrons. The lowest BCUT2D eigenvalue weighted by atomic mass is 9.97. The van der Waals surface area contributed by atoms with Gasteiger partial charge in [-0.2, -0.15) is 0 Å². The minimum atomic E-state index is -0.508. The zero-order chi connectivity index (χ0) is 19.6. The number of nitrogens with zero attached hydrogens (tertiary/aromatic N) is 2. The van der Waals surface area contributed by atoms with Gasteiger partial charge >= 0.3 is 12.1 Å². The van der Waals surface area contributed by atoms with Crippen LogP contribution in [-0.2, 0) is 14.3 Å². The molecule has 27 heavy (non-hydrogen) atoms. The van der Waals surface area contributed by atoms with Crippen LogP contribution in [0.5, 0.6) is 0 Å². The number of halogens is 1. The third-order valence-electron chi connectivity index (χ3n) is 3.79. The van der Waals surface area contributed by atoms with Crippen LogP contribution in [0.1, 0.15) is 47.5 Å². The monoisotopic (exact) mass is 498 g/mol. The summed E-state index contributed by atoms with van der Waals surface area (Å²) in [5.74, 6) is 0.680. The summed E-state index contributed by atoms with van der Waals surface area (Å²) in [5, 5.41) is 5.96. The van der Waals surface area contributed by atoms with Crippen LogP contribution in [0.25, 0.3) is 0 Å². The zero-order valence-corrected chi connectivity index (χ0v) is 19.5. The highest BCUT2D eigenvalue weighted by Crippen LogP contribution is 2.18. The van der Waals surface area contributed by atoms with E-state index < -0.39 is 11.7 Å².